The average molecular weight is 401 g/mol. The highest BCUT2D eigenvalue weighted by atomic mass is 79.9. The molecule has 0 aromatic carbocycles. The minimum Gasteiger partial charge on any atom is -0.468 e. The molecule has 1 atom stereocenters. The summed E-state index contributed by atoms with van der Waals surface area (Å²) < 4.78 is 7.51. The lowest BCUT2D eigenvalue weighted by atomic mass is 10.3. The van der Waals surface area contributed by atoms with Crippen molar-refractivity contribution < 1.29 is 4.42 Å². The minimum absolute atomic E-state index is 0.130. The van der Waals surface area contributed by atoms with Gasteiger partial charge in [0.05, 0.1) is 10.0 Å². The van der Waals surface area contributed by atoms with Crippen molar-refractivity contribution in [1.82, 2.24) is 0 Å². The standard InChI is InChI=1S/C9H5Br3OS/c10-5-4-7(14-9(5)12)8(11)6-2-1-3-13-6/h1-4,8H. The van der Waals surface area contributed by atoms with Gasteiger partial charge in [0, 0.05) is 9.35 Å². The van der Waals surface area contributed by atoms with Crippen molar-refractivity contribution in [2.24, 2.45) is 0 Å². The monoisotopic (exact) mass is 398 g/mol. The van der Waals surface area contributed by atoms with Gasteiger partial charge in [-0.1, -0.05) is 15.9 Å². The zero-order valence-corrected chi connectivity index (χ0v) is 12.4. The second-order valence-electron chi connectivity index (χ2n) is 2.65. The van der Waals surface area contributed by atoms with Crippen molar-refractivity contribution in [3.05, 3.63) is 43.4 Å². The van der Waals surface area contributed by atoms with E-state index in [1.807, 2.05) is 12.1 Å². The van der Waals surface area contributed by atoms with E-state index in [9.17, 15) is 0 Å². The lowest BCUT2D eigenvalue weighted by molar-refractivity contribution is 0.521. The Hall–Kier alpha value is 0.420. The van der Waals surface area contributed by atoms with Crippen molar-refractivity contribution in [2.45, 2.75) is 4.83 Å². The van der Waals surface area contributed by atoms with Crippen molar-refractivity contribution in [3.8, 4) is 0 Å². The number of hydrogen-bond acceptors (Lipinski definition) is 2. The highest BCUT2D eigenvalue weighted by Crippen LogP contribution is 2.41. The van der Waals surface area contributed by atoms with Crippen LogP contribution in [-0.2, 0) is 0 Å². The normalized spacial score (nSPS) is 13.1. The maximum Gasteiger partial charge on any atom is 0.122 e. The summed E-state index contributed by atoms with van der Waals surface area (Å²) in [5.74, 6) is 0.922. The Morgan fingerprint density at radius 2 is 2.14 bits per heavy atom. The van der Waals surface area contributed by atoms with Gasteiger partial charge >= 0.3 is 0 Å². The highest BCUT2D eigenvalue weighted by Gasteiger charge is 2.16. The molecule has 0 radical (unpaired) electrons. The van der Waals surface area contributed by atoms with Gasteiger partial charge < -0.3 is 4.42 Å². The second kappa shape index (κ2) is 4.51. The van der Waals surface area contributed by atoms with Crippen LogP contribution in [0.2, 0.25) is 0 Å². The Morgan fingerprint density at radius 1 is 1.36 bits per heavy atom. The molecule has 0 saturated carbocycles. The predicted molar refractivity (Wildman–Crippen MR) is 69.2 cm³/mol. The molecule has 0 aliphatic rings. The molecule has 2 rings (SSSR count). The van der Waals surface area contributed by atoms with Gasteiger partial charge in [0.15, 0.2) is 0 Å². The van der Waals surface area contributed by atoms with Gasteiger partial charge in [0.2, 0.25) is 0 Å². The number of alkyl halides is 1. The fourth-order valence-electron chi connectivity index (χ4n) is 1.06. The molecule has 2 aromatic heterocycles. The zero-order chi connectivity index (χ0) is 10.1. The van der Waals surface area contributed by atoms with Gasteiger partial charge in [0.25, 0.3) is 0 Å². The molecule has 0 aliphatic heterocycles. The van der Waals surface area contributed by atoms with Crippen LogP contribution in [0.5, 0.6) is 0 Å². The Labute approximate surface area is 111 Å². The zero-order valence-electron chi connectivity index (χ0n) is 6.84. The van der Waals surface area contributed by atoms with E-state index in [4.69, 9.17) is 4.42 Å². The van der Waals surface area contributed by atoms with Crippen LogP contribution in [0.1, 0.15) is 15.5 Å². The Morgan fingerprint density at radius 3 is 2.64 bits per heavy atom. The van der Waals surface area contributed by atoms with E-state index in [0.717, 1.165) is 14.0 Å². The minimum atomic E-state index is 0.130. The summed E-state index contributed by atoms with van der Waals surface area (Å²) in [6.45, 7) is 0. The summed E-state index contributed by atoms with van der Waals surface area (Å²) in [6.07, 6.45) is 1.68. The molecule has 2 aromatic rings. The lowest BCUT2D eigenvalue weighted by Gasteiger charge is -2.01. The quantitative estimate of drug-likeness (QED) is 0.619. The first kappa shape index (κ1) is 10.9. The van der Waals surface area contributed by atoms with Gasteiger partial charge in [-0.2, -0.15) is 0 Å². The largest absolute Gasteiger partial charge is 0.468 e. The number of rotatable bonds is 2. The molecule has 1 unspecified atom stereocenters. The molecule has 0 saturated heterocycles. The molecule has 0 amide bonds. The Bertz CT molecular complexity index is 402. The van der Waals surface area contributed by atoms with Gasteiger partial charge in [-0.15, -0.1) is 11.3 Å². The van der Waals surface area contributed by atoms with Crippen molar-refractivity contribution >= 4 is 59.1 Å². The van der Waals surface area contributed by atoms with E-state index >= 15 is 0 Å². The van der Waals surface area contributed by atoms with E-state index < -0.39 is 0 Å². The fourth-order valence-corrected chi connectivity index (χ4v) is 3.81. The molecule has 1 nitrogen and oxygen atoms in total. The van der Waals surface area contributed by atoms with Gasteiger partial charge in [-0.3, -0.25) is 0 Å². The molecule has 0 aliphatic carbocycles. The van der Waals surface area contributed by atoms with Crippen LogP contribution in [0.25, 0.3) is 0 Å². The molecular formula is C9H5Br3OS. The molecule has 74 valence electrons. The molecular weight excluding hydrogens is 396 g/mol. The van der Waals surface area contributed by atoms with Gasteiger partial charge in [0.1, 0.15) is 10.6 Å². The predicted octanol–water partition coefficient (Wildman–Crippen LogP) is 5.35. The summed E-state index contributed by atoms with van der Waals surface area (Å²) in [6, 6.07) is 5.93. The van der Waals surface area contributed by atoms with Crippen LogP contribution in [0, 0.1) is 0 Å². The fraction of sp³-hybridized carbons (Fsp3) is 0.111. The molecule has 0 N–H and O–H groups in total. The van der Waals surface area contributed by atoms with Crippen LogP contribution in [0.3, 0.4) is 0 Å². The smallest absolute Gasteiger partial charge is 0.122 e. The van der Waals surface area contributed by atoms with E-state index in [-0.39, 0.29) is 4.83 Å². The van der Waals surface area contributed by atoms with E-state index in [0.29, 0.717) is 0 Å². The van der Waals surface area contributed by atoms with Gasteiger partial charge in [-0.25, -0.2) is 0 Å². The first-order valence-electron chi connectivity index (χ1n) is 3.80. The molecule has 2 heterocycles. The molecule has 0 fully saturated rings. The number of hydrogen-bond donors (Lipinski definition) is 0. The molecule has 5 heteroatoms. The number of halogens is 3. The first-order chi connectivity index (χ1) is 6.68. The molecule has 14 heavy (non-hydrogen) atoms. The SMILES string of the molecule is Brc1cc(C(Br)c2ccco2)sc1Br. The van der Waals surface area contributed by atoms with Crippen LogP contribution in [-0.4, -0.2) is 0 Å². The maximum absolute atomic E-state index is 5.33. The van der Waals surface area contributed by atoms with Crippen LogP contribution < -0.4 is 0 Å². The second-order valence-corrected chi connectivity index (χ2v) is 6.82. The summed E-state index contributed by atoms with van der Waals surface area (Å²) in [4.78, 5) is 1.34. The van der Waals surface area contributed by atoms with Crippen LogP contribution >= 0.6 is 59.1 Å². The van der Waals surface area contributed by atoms with E-state index in [2.05, 4.69) is 53.9 Å². The number of furan rings is 1. The molecule has 0 spiro atoms. The number of thiophene rings is 1. The van der Waals surface area contributed by atoms with Gasteiger partial charge in [-0.05, 0) is 50.1 Å². The molecule has 0 bridgehead atoms. The Balaban J connectivity index is 2.32. The topological polar surface area (TPSA) is 13.1 Å². The Kier molecular flexibility index (Phi) is 3.52. The van der Waals surface area contributed by atoms with Crippen LogP contribution in [0.4, 0.5) is 0 Å². The van der Waals surface area contributed by atoms with Crippen molar-refractivity contribution in [3.63, 3.8) is 0 Å². The summed E-state index contributed by atoms with van der Waals surface area (Å²) in [5.41, 5.74) is 0. The summed E-state index contributed by atoms with van der Waals surface area (Å²) >= 11 is 12.2. The summed E-state index contributed by atoms with van der Waals surface area (Å²) in [5, 5.41) is 0. The van der Waals surface area contributed by atoms with E-state index in [1.165, 1.54) is 4.88 Å². The van der Waals surface area contributed by atoms with Crippen molar-refractivity contribution in [2.75, 3.05) is 0 Å². The first-order valence-corrected chi connectivity index (χ1v) is 7.12. The third kappa shape index (κ3) is 2.15. The summed E-state index contributed by atoms with van der Waals surface area (Å²) in [7, 11) is 0. The third-order valence-electron chi connectivity index (χ3n) is 1.71. The van der Waals surface area contributed by atoms with Crippen molar-refractivity contribution in [1.29, 1.82) is 0 Å². The highest BCUT2D eigenvalue weighted by molar-refractivity contribution is 9.13. The maximum atomic E-state index is 5.33. The lowest BCUT2D eigenvalue weighted by Crippen LogP contribution is -1.84. The van der Waals surface area contributed by atoms with E-state index in [1.54, 1.807) is 17.6 Å². The van der Waals surface area contributed by atoms with Crippen LogP contribution in [0.15, 0.2) is 37.1 Å². The third-order valence-corrected chi connectivity index (χ3v) is 6.28. The average Bonchev–Trinajstić information content (AvgIpc) is 2.76.